The highest BCUT2D eigenvalue weighted by Crippen LogP contribution is 2.21. The molecule has 0 radical (unpaired) electrons. The molecule has 4 nitrogen and oxygen atoms in total. The smallest absolute Gasteiger partial charge is 0.224 e. The average molecular weight is 338 g/mol. The van der Waals surface area contributed by atoms with Crippen LogP contribution in [0, 0.1) is 6.92 Å². The van der Waals surface area contributed by atoms with Gasteiger partial charge in [-0.3, -0.25) is 0 Å². The zero-order chi connectivity index (χ0) is 17.3. The van der Waals surface area contributed by atoms with Gasteiger partial charge in [0.2, 0.25) is 5.95 Å². The van der Waals surface area contributed by atoms with Gasteiger partial charge in [0.15, 0.2) is 0 Å². The second-order valence-corrected chi connectivity index (χ2v) is 7.07. The van der Waals surface area contributed by atoms with Crippen LogP contribution in [0.1, 0.15) is 56.2 Å². The van der Waals surface area contributed by atoms with Crippen molar-refractivity contribution in [3.05, 3.63) is 47.7 Å². The number of anilines is 2. The van der Waals surface area contributed by atoms with Crippen molar-refractivity contribution in [1.82, 2.24) is 9.97 Å². The summed E-state index contributed by atoms with van der Waals surface area (Å²) in [6.07, 6.45) is 10.0. The Morgan fingerprint density at radius 1 is 1.00 bits per heavy atom. The average Bonchev–Trinajstić information content (AvgIpc) is 2.88. The van der Waals surface area contributed by atoms with Crippen LogP contribution in [-0.2, 0) is 6.42 Å². The highest BCUT2D eigenvalue weighted by atomic mass is 15.1. The maximum Gasteiger partial charge on any atom is 0.224 e. The van der Waals surface area contributed by atoms with Gasteiger partial charge in [0.25, 0.3) is 0 Å². The zero-order valence-electron chi connectivity index (χ0n) is 15.3. The molecular weight excluding hydrogens is 308 g/mol. The van der Waals surface area contributed by atoms with Crippen LogP contribution < -0.4 is 10.6 Å². The Labute approximate surface area is 151 Å². The molecule has 4 heteroatoms. The first-order valence-electron chi connectivity index (χ1n) is 9.69. The summed E-state index contributed by atoms with van der Waals surface area (Å²) < 4.78 is 0. The molecule has 3 rings (SSSR count). The maximum atomic E-state index is 4.67. The summed E-state index contributed by atoms with van der Waals surface area (Å²) in [6, 6.07) is 13.2. The Bertz CT molecular complexity index is 634. The minimum Gasteiger partial charge on any atom is -0.367 e. The molecule has 1 saturated carbocycles. The summed E-state index contributed by atoms with van der Waals surface area (Å²) in [5.41, 5.74) is 2.39. The Hall–Kier alpha value is -2.10. The molecule has 1 aliphatic rings. The minimum absolute atomic E-state index is 0.558. The van der Waals surface area contributed by atoms with E-state index in [9.17, 15) is 0 Å². The number of hydrogen-bond donors (Lipinski definition) is 2. The summed E-state index contributed by atoms with van der Waals surface area (Å²) in [6.45, 7) is 2.93. The third-order valence-electron chi connectivity index (χ3n) is 4.83. The van der Waals surface area contributed by atoms with E-state index in [0.717, 1.165) is 36.8 Å². The largest absolute Gasteiger partial charge is 0.367 e. The lowest BCUT2D eigenvalue weighted by molar-refractivity contribution is 0.617. The van der Waals surface area contributed by atoms with Crippen LogP contribution in [0.3, 0.4) is 0 Å². The summed E-state index contributed by atoms with van der Waals surface area (Å²) in [4.78, 5) is 9.20. The Kier molecular flexibility index (Phi) is 6.66. The fraction of sp³-hybridized carbons (Fsp3) is 0.524. The molecule has 1 aromatic heterocycles. The van der Waals surface area contributed by atoms with Crippen LogP contribution in [0.25, 0.3) is 0 Å². The molecule has 0 atom stereocenters. The van der Waals surface area contributed by atoms with E-state index in [1.807, 2.05) is 6.92 Å². The lowest BCUT2D eigenvalue weighted by Gasteiger charge is -2.17. The zero-order valence-corrected chi connectivity index (χ0v) is 15.3. The summed E-state index contributed by atoms with van der Waals surface area (Å²) in [5.74, 6) is 1.70. The number of hydrogen-bond acceptors (Lipinski definition) is 4. The van der Waals surface area contributed by atoms with Crippen LogP contribution in [0.4, 0.5) is 11.8 Å². The van der Waals surface area contributed by atoms with E-state index in [4.69, 9.17) is 0 Å². The maximum absolute atomic E-state index is 4.67. The lowest BCUT2D eigenvalue weighted by atomic mass is 10.1. The molecule has 2 aromatic rings. The molecule has 25 heavy (non-hydrogen) atoms. The lowest BCUT2D eigenvalue weighted by Crippen LogP contribution is -2.20. The van der Waals surface area contributed by atoms with E-state index in [0.29, 0.717) is 6.04 Å². The van der Waals surface area contributed by atoms with E-state index in [-0.39, 0.29) is 0 Å². The number of rotatable bonds is 7. The topological polar surface area (TPSA) is 49.8 Å². The summed E-state index contributed by atoms with van der Waals surface area (Å²) >= 11 is 0. The molecule has 2 N–H and O–H groups in total. The monoisotopic (exact) mass is 338 g/mol. The van der Waals surface area contributed by atoms with Crippen molar-refractivity contribution < 1.29 is 0 Å². The number of benzene rings is 1. The highest BCUT2D eigenvalue weighted by molar-refractivity contribution is 5.42. The first kappa shape index (κ1) is 17.7. The van der Waals surface area contributed by atoms with Crippen LogP contribution in [0.15, 0.2) is 36.4 Å². The Balaban J connectivity index is 1.50. The van der Waals surface area contributed by atoms with Crippen LogP contribution in [-0.4, -0.2) is 22.6 Å². The molecule has 0 unspecified atom stereocenters. The summed E-state index contributed by atoms with van der Waals surface area (Å²) in [7, 11) is 0. The van der Waals surface area contributed by atoms with Crippen molar-refractivity contribution in [2.24, 2.45) is 0 Å². The second-order valence-electron chi connectivity index (χ2n) is 7.07. The van der Waals surface area contributed by atoms with E-state index < -0.39 is 0 Å². The normalized spacial score (nSPS) is 15.6. The molecule has 0 saturated heterocycles. The van der Waals surface area contributed by atoms with Gasteiger partial charge in [-0.2, -0.15) is 4.98 Å². The van der Waals surface area contributed by atoms with E-state index in [2.05, 4.69) is 57.0 Å². The van der Waals surface area contributed by atoms with Crippen molar-refractivity contribution in [3.63, 3.8) is 0 Å². The van der Waals surface area contributed by atoms with Gasteiger partial charge in [0.1, 0.15) is 5.82 Å². The molecule has 0 amide bonds. The van der Waals surface area contributed by atoms with Crippen LogP contribution in [0.2, 0.25) is 0 Å². The van der Waals surface area contributed by atoms with Gasteiger partial charge in [0.05, 0.1) is 0 Å². The SMILES string of the molecule is Cc1cc(NC2CCCCCC2)nc(NCCCc2ccccc2)n1. The van der Waals surface area contributed by atoms with Gasteiger partial charge in [0, 0.05) is 24.3 Å². The van der Waals surface area contributed by atoms with Crippen LogP contribution >= 0.6 is 0 Å². The molecule has 0 bridgehead atoms. The number of nitrogens with one attached hydrogen (secondary N) is 2. The molecule has 0 aliphatic heterocycles. The van der Waals surface area contributed by atoms with Crippen molar-refractivity contribution in [1.29, 1.82) is 0 Å². The Morgan fingerprint density at radius 2 is 1.76 bits per heavy atom. The molecular formula is C21H30N4. The predicted octanol–water partition coefficient (Wildman–Crippen LogP) is 4.96. The van der Waals surface area contributed by atoms with Crippen LogP contribution in [0.5, 0.6) is 0 Å². The van der Waals surface area contributed by atoms with Gasteiger partial charge in [-0.1, -0.05) is 56.0 Å². The standard InChI is InChI=1S/C21H30N4/c1-17-16-20(24-19-13-7-2-3-8-14-19)25-21(23-17)22-15-9-12-18-10-5-4-6-11-18/h4-6,10-11,16,19H,2-3,7-9,12-15H2,1H3,(H2,22,23,24,25). The van der Waals surface area contributed by atoms with E-state index in [1.54, 1.807) is 0 Å². The van der Waals surface area contributed by atoms with Gasteiger partial charge in [-0.15, -0.1) is 0 Å². The third kappa shape index (κ3) is 6.04. The number of aromatic nitrogens is 2. The molecule has 1 fully saturated rings. The molecule has 0 spiro atoms. The minimum atomic E-state index is 0.558. The number of aryl methyl sites for hydroxylation is 2. The van der Waals surface area contributed by atoms with Gasteiger partial charge in [-0.25, -0.2) is 4.98 Å². The Morgan fingerprint density at radius 3 is 2.52 bits per heavy atom. The molecule has 134 valence electrons. The van der Waals surface area contributed by atoms with Gasteiger partial charge in [-0.05, 0) is 38.2 Å². The van der Waals surface area contributed by atoms with E-state index in [1.165, 1.54) is 44.1 Å². The van der Waals surface area contributed by atoms with Crippen molar-refractivity contribution in [3.8, 4) is 0 Å². The predicted molar refractivity (Wildman–Crippen MR) is 105 cm³/mol. The first-order valence-corrected chi connectivity index (χ1v) is 9.69. The van der Waals surface area contributed by atoms with Crippen molar-refractivity contribution in [2.75, 3.05) is 17.2 Å². The molecule has 1 heterocycles. The van der Waals surface area contributed by atoms with Gasteiger partial charge < -0.3 is 10.6 Å². The third-order valence-corrected chi connectivity index (χ3v) is 4.83. The van der Waals surface area contributed by atoms with E-state index >= 15 is 0 Å². The number of nitrogens with zero attached hydrogens (tertiary/aromatic N) is 2. The quantitative estimate of drug-likeness (QED) is 0.553. The second kappa shape index (κ2) is 9.40. The molecule has 1 aromatic carbocycles. The fourth-order valence-corrected chi connectivity index (χ4v) is 3.49. The van der Waals surface area contributed by atoms with Crippen molar-refractivity contribution >= 4 is 11.8 Å². The summed E-state index contributed by atoms with van der Waals surface area (Å²) in [5, 5.41) is 7.01. The van der Waals surface area contributed by atoms with Crippen molar-refractivity contribution in [2.45, 2.75) is 64.3 Å². The first-order chi connectivity index (χ1) is 12.3. The van der Waals surface area contributed by atoms with Gasteiger partial charge >= 0.3 is 0 Å². The highest BCUT2D eigenvalue weighted by Gasteiger charge is 2.13. The molecule has 1 aliphatic carbocycles. The fourth-order valence-electron chi connectivity index (χ4n) is 3.49.